The van der Waals surface area contributed by atoms with E-state index >= 15 is 0 Å². The van der Waals surface area contributed by atoms with E-state index < -0.39 is 5.41 Å². The summed E-state index contributed by atoms with van der Waals surface area (Å²) < 4.78 is 10.2. The molecule has 1 aromatic rings. The zero-order chi connectivity index (χ0) is 10.7. The fraction of sp³-hybridized carbons (Fsp3) is 0.636. The van der Waals surface area contributed by atoms with Crippen LogP contribution in [0.1, 0.15) is 38.0 Å². The van der Waals surface area contributed by atoms with Crippen molar-refractivity contribution in [2.24, 2.45) is 0 Å². The Morgan fingerprint density at radius 1 is 1.47 bits per heavy atom. The van der Waals surface area contributed by atoms with E-state index in [2.05, 4.69) is 4.98 Å². The summed E-state index contributed by atoms with van der Waals surface area (Å²) in [4.78, 5) is 16.0. The summed E-state index contributed by atoms with van der Waals surface area (Å²) in [6.07, 6.45) is 7.86. The maximum Gasteiger partial charge on any atom is 0.321 e. The van der Waals surface area contributed by atoms with E-state index in [0.29, 0.717) is 5.89 Å². The first-order chi connectivity index (χ1) is 7.29. The fourth-order valence-electron chi connectivity index (χ4n) is 2.32. The zero-order valence-corrected chi connectivity index (χ0v) is 8.86. The van der Waals surface area contributed by atoms with Crippen LogP contribution in [0.15, 0.2) is 16.9 Å². The highest BCUT2D eigenvalue weighted by atomic mass is 16.5. The van der Waals surface area contributed by atoms with Gasteiger partial charge in [-0.1, -0.05) is 19.3 Å². The highest BCUT2D eigenvalue weighted by molar-refractivity contribution is 5.81. The number of carbonyl (C=O) groups is 1. The average molecular weight is 209 g/mol. The predicted octanol–water partition coefficient (Wildman–Crippen LogP) is 2.05. The van der Waals surface area contributed by atoms with E-state index in [1.807, 2.05) is 0 Å². The van der Waals surface area contributed by atoms with Gasteiger partial charge in [-0.3, -0.25) is 4.79 Å². The molecule has 1 heterocycles. The van der Waals surface area contributed by atoms with Gasteiger partial charge in [-0.2, -0.15) is 0 Å². The van der Waals surface area contributed by atoms with Crippen LogP contribution in [0.2, 0.25) is 0 Å². The standard InChI is InChI=1S/C11H15NO3/c1-14-10(13)11(5-3-2-4-6-11)9-12-7-8-15-9/h7-8H,2-6H2,1H3. The van der Waals surface area contributed by atoms with Crippen LogP contribution in [-0.4, -0.2) is 18.1 Å². The van der Waals surface area contributed by atoms with Gasteiger partial charge in [0.05, 0.1) is 13.3 Å². The summed E-state index contributed by atoms with van der Waals surface area (Å²) in [5, 5.41) is 0. The lowest BCUT2D eigenvalue weighted by Gasteiger charge is -2.31. The van der Waals surface area contributed by atoms with Crippen molar-refractivity contribution >= 4 is 5.97 Å². The van der Waals surface area contributed by atoms with Crippen molar-refractivity contribution in [3.63, 3.8) is 0 Å². The maximum absolute atomic E-state index is 11.9. The molecule has 1 aromatic heterocycles. The van der Waals surface area contributed by atoms with Crippen LogP contribution in [0, 0.1) is 0 Å². The maximum atomic E-state index is 11.9. The minimum atomic E-state index is -0.628. The molecule has 1 aliphatic carbocycles. The number of oxazole rings is 1. The number of methoxy groups -OCH3 is 1. The lowest BCUT2D eigenvalue weighted by Crippen LogP contribution is -2.39. The second-order valence-electron chi connectivity index (χ2n) is 3.97. The van der Waals surface area contributed by atoms with E-state index in [1.54, 1.807) is 6.20 Å². The van der Waals surface area contributed by atoms with Gasteiger partial charge in [0, 0.05) is 0 Å². The van der Waals surface area contributed by atoms with Gasteiger partial charge in [0.15, 0.2) is 0 Å². The van der Waals surface area contributed by atoms with Crippen molar-refractivity contribution in [3.05, 3.63) is 18.4 Å². The summed E-state index contributed by atoms with van der Waals surface area (Å²) >= 11 is 0. The number of aromatic nitrogens is 1. The molecule has 0 spiro atoms. The molecule has 1 aliphatic rings. The van der Waals surface area contributed by atoms with Crippen molar-refractivity contribution < 1.29 is 13.9 Å². The smallest absolute Gasteiger partial charge is 0.321 e. The number of ether oxygens (including phenoxy) is 1. The van der Waals surface area contributed by atoms with Gasteiger partial charge in [0.25, 0.3) is 0 Å². The van der Waals surface area contributed by atoms with Crippen LogP contribution in [0.3, 0.4) is 0 Å². The SMILES string of the molecule is COC(=O)C1(c2ncco2)CCCCC1. The molecule has 0 aromatic carbocycles. The third-order valence-electron chi connectivity index (χ3n) is 3.12. The van der Waals surface area contributed by atoms with Crippen molar-refractivity contribution in [2.75, 3.05) is 7.11 Å². The normalized spacial score (nSPS) is 19.8. The van der Waals surface area contributed by atoms with Crippen molar-refractivity contribution in [2.45, 2.75) is 37.5 Å². The molecular formula is C11H15NO3. The van der Waals surface area contributed by atoms with Crippen molar-refractivity contribution in [1.29, 1.82) is 0 Å². The van der Waals surface area contributed by atoms with E-state index in [-0.39, 0.29) is 5.97 Å². The number of hydrogen-bond donors (Lipinski definition) is 0. The Labute approximate surface area is 88.6 Å². The van der Waals surface area contributed by atoms with Gasteiger partial charge in [-0.15, -0.1) is 0 Å². The summed E-state index contributed by atoms with van der Waals surface area (Å²) in [5.41, 5.74) is -0.628. The minimum absolute atomic E-state index is 0.218. The summed E-state index contributed by atoms with van der Waals surface area (Å²) in [6, 6.07) is 0. The Morgan fingerprint density at radius 2 is 2.20 bits per heavy atom. The Bertz CT molecular complexity index is 326. The molecule has 0 amide bonds. The third kappa shape index (κ3) is 1.64. The second kappa shape index (κ2) is 4.04. The number of nitrogens with zero attached hydrogens (tertiary/aromatic N) is 1. The Hall–Kier alpha value is -1.32. The summed E-state index contributed by atoms with van der Waals surface area (Å²) in [5.74, 6) is 0.290. The quantitative estimate of drug-likeness (QED) is 0.699. The van der Waals surface area contributed by atoms with E-state index in [0.717, 1.165) is 25.7 Å². The molecule has 2 rings (SSSR count). The first-order valence-corrected chi connectivity index (χ1v) is 5.28. The molecule has 15 heavy (non-hydrogen) atoms. The van der Waals surface area contributed by atoms with Crippen LogP contribution in [0.25, 0.3) is 0 Å². The molecule has 0 N–H and O–H groups in total. The lowest BCUT2D eigenvalue weighted by molar-refractivity contribution is -0.150. The Morgan fingerprint density at radius 3 is 2.73 bits per heavy atom. The zero-order valence-electron chi connectivity index (χ0n) is 8.86. The van der Waals surface area contributed by atoms with Crippen LogP contribution in [0.5, 0.6) is 0 Å². The highest BCUT2D eigenvalue weighted by Crippen LogP contribution is 2.39. The van der Waals surface area contributed by atoms with Gasteiger partial charge < -0.3 is 9.15 Å². The Kier molecular flexibility index (Phi) is 2.75. The van der Waals surface area contributed by atoms with E-state index in [4.69, 9.17) is 9.15 Å². The van der Waals surface area contributed by atoms with Crippen LogP contribution in [0.4, 0.5) is 0 Å². The van der Waals surface area contributed by atoms with E-state index in [1.165, 1.54) is 19.8 Å². The number of hydrogen-bond acceptors (Lipinski definition) is 4. The topological polar surface area (TPSA) is 52.3 Å². The molecule has 0 radical (unpaired) electrons. The van der Waals surface area contributed by atoms with Crippen LogP contribution < -0.4 is 0 Å². The molecule has 82 valence electrons. The monoisotopic (exact) mass is 209 g/mol. The van der Waals surface area contributed by atoms with Gasteiger partial charge >= 0.3 is 5.97 Å². The third-order valence-corrected chi connectivity index (χ3v) is 3.12. The minimum Gasteiger partial charge on any atom is -0.468 e. The van der Waals surface area contributed by atoms with Gasteiger partial charge in [0.1, 0.15) is 11.7 Å². The molecule has 4 nitrogen and oxygen atoms in total. The van der Waals surface area contributed by atoms with Gasteiger partial charge in [-0.05, 0) is 12.8 Å². The molecule has 0 unspecified atom stereocenters. The summed E-state index contributed by atoms with van der Waals surface area (Å²) in [6.45, 7) is 0. The lowest BCUT2D eigenvalue weighted by atomic mass is 9.74. The first-order valence-electron chi connectivity index (χ1n) is 5.28. The highest BCUT2D eigenvalue weighted by Gasteiger charge is 2.46. The first kappa shape index (κ1) is 10.2. The molecule has 1 saturated carbocycles. The number of esters is 1. The fourth-order valence-corrected chi connectivity index (χ4v) is 2.32. The predicted molar refractivity (Wildman–Crippen MR) is 53.3 cm³/mol. The molecule has 1 fully saturated rings. The van der Waals surface area contributed by atoms with Crippen LogP contribution in [-0.2, 0) is 14.9 Å². The van der Waals surface area contributed by atoms with Gasteiger partial charge in [0.2, 0.25) is 5.89 Å². The largest absolute Gasteiger partial charge is 0.468 e. The Balaban J connectivity index is 2.34. The average Bonchev–Trinajstić information content (AvgIpc) is 2.83. The number of carbonyl (C=O) groups excluding carboxylic acids is 1. The van der Waals surface area contributed by atoms with Crippen molar-refractivity contribution in [3.8, 4) is 0 Å². The molecular weight excluding hydrogens is 194 g/mol. The van der Waals surface area contributed by atoms with Crippen molar-refractivity contribution in [1.82, 2.24) is 4.98 Å². The molecule has 4 heteroatoms. The molecule has 0 aliphatic heterocycles. The van der Waals surface area contributed by atoms with E-state index in [9.17, 15) is 4.79 Å². The molecule has 0 saturated heterocycles. The van der Waals surface area contributed by atoms with Crippen LogP contribution >= 0.6 is 0 Å². The second-order valence-corrected chi connectivity index (χ2v) is 3.97. The molecule has 0 atom stereocenters. The summed E-state index contributed by atoms with van der Waals surface area (Å²) in [7, 11) is 1.42. The number of rotatable bonds is 2. The van der Waals surface area contributed by atoms with Gasteiger partial charge in [-0.25, -0.2) is 4.98 Å². The molecule has 0 bridgehead atoms.